The molecule has 1 fully saturated rings. The number of hydrogen-bond donors (Lipinski definition) is 1. The van der Waals surface area contributed by atoms with Gasteiger partial charge in [0.05, 0.1) is 0 Å². The Hall–Kier alpha value is -1.31. The van der Waals surface area contributed by atoms with E-state index in [1.807, 2.05) is 0 Å². The van der Waals surface area contributed by atoms with Gasteiger partial charge < -0.3 is 5.32 Å². The molecule has 1 N–H and O–H groups in total. The van der Waals surface area contributed by atoms with Gasteiger partial charge in [0.15, 0.2) is 0 Å². The van der Waals surface area contributed by atoms with Gasteiger partial charge in [0, 0.05) is 11.6 Å². The number of carbonyl (C=O) groups is 1. The van der Waals surface area contributed by atoms with Crippen LogP contribution in [0.15, 0.2) is 24.3 Å². The summed E-state index contributed by atoms with van der Waals surface area (Å²) < 4.78 is 0. The first-order valence-electron chi connectivity index (χ1n) is 9.33. The molecular formula is C21H33NO. The summed E-state index contributed by atoms with van der Waals surface area (Å²) in [5.74, 6) is 2.70. The highest BCUT2D eigenvalue weighted by Crippen LogP contribution is 2.38. The van der Waals surface area contributed by atoms with Gasteiger partial charge in [0.2, 0.25) is 5.91 Å². The van der Waals surface area contributed by atoms with Crippen LogP contribution in [0, 0.1) is 23.7 Å². The Balaban J connectivity index is 2.04. The van der Waals surface area contributed by atoms with Crippen LogP contribution in [0.3, 0.4) is 0 Å². The molecule has 0 aromatic heterocycles. The highest BCUT2D eigenvalue weighted by atomic mass is 16.1. The molecule has 4 atom stereocenters. The Morgan fingerprint density at radius 3 is 2.39 bits per heavy atom. The van der Waals surface area contributed by atoms with E-state index in [1.54, 1.807) is 0 Å². The predicted octanol–water partition coefficient (Wildman–Crippen LogP) is 5.85. The Labute approximate surface area is 142 Å². The molecule has 0 radical (unpaired) electrons. The Kier molecular flexibility index (Phi) is 6.26. The summed E-state index contributed by atoms with van der Waals surface area (Å²) in [5, 5.41) is 3.16. The van der Waals surface area contributed by atoms with Crippen LogP contribution >= 0.6 is 0 Å². The zero-order valence-electron chi connectivity index (χ0n) is 15.4. The molecule has 0 bridgehead atoms. The molecule has 1 aliphatic rings. The van der Waals surface area contributed by atoms with Crippen molar-refractivity contribution in [1.82, 2.24) is 0 Å². The maximum atomic E-state index is 12.8. The smallest absolute Gasteiger partial charge is 0.227 e. The lowest BCUT2D eigenvalue weighted by molar-refractivity contribution is -0.123. The average Bonchev–Trinajstić information content (AvgIpc) is 2.54. The largest absolute Gasteiger partial charge is 0.326 e. The van der Waals surface area contributed by atoms with E-state index < -0.39 is 0 Å². The number of nitrogens with one attached hydrogen (secondary N) is 1. The van der Waals surface area contributed by atoms with Crippen molar-refractivity contribution in [3.63, 3.8) is 0 Å². The Bertz CT molecular complexity index is 505. The number of carbonyl (C=O) groups excluding carboxylic acids is 1. The van der Waals surface area contributed by atoms with Crippen LogP contribution in [-0.2, 0) is 4.79 Å². The van der Waals surface area contributed by atoms with Crippen molar-refractivity contribution in [3.05, 3.63) is 29.8 Å². The van der Waals surface area contributed by atoms with Crippen LogP contribution in [0.25, 0.3) is 0 Å². The van der Waals surface area contributed by atoms with E-state index in [0.29, 0.717) is 23.7 Å². The molecule has 23 heavy (non-hydrogen) atoms. The van der Waals surface area contributed by atoms with Gasteiger partial charge in [-0.25, -0.2) is 0 Å². The fourth-order valence-corrected chi connectivity index (χ4v) is 3.87. The summed E-state index contributed by atoms with van der Waals surface area (Å²) in [6, 6.07) is 8.40. The molecule has 0 aliphatic heterocycles. The highest BCUT2D eigenvalue weighted by molar-refractivity contribution is 5.92. The van der Waals surface area contributed by atoms with Crippen molar-refractivity contribution in [2.75, 3.05) is 5.32 Å². The van der Waals surface area contributed by atoms with E-state index in [2.05, 4.69) is 64.2 Å². The van der Waals surface area contributed by atoms with Crippen LogP contribution in [0.1, 0.15) is 71.8 Å². The summed E-state index contributed by atoms with van der Waals surface area (Å²) in [4.78, 5) is 12.8. The lowest BCUT2D eigenvalue weighted by Gasteiger charge is -2.36. The third-order valence-electron chi connectivity index (χ3n) is 5.72. The van der Waals surface area contributed by atoms with Gasteiger partial charge in [-0.1, -0.05) is 53.2 Å². The Morgan fingerprint density at radius 1 is 1.17 bits per heavy atom. The Morgan fingerprint density at radius 2 is 1.83 bits per heavy atom. The second-order valence-corrected chi connectivity index (χ2v) is 7.85. The molecule has 128 valence electrons. The van der Waals surface area contributed by atoms with Crippen molar-refractivity contribution in [3.8, 4) is 0 Å². The lowest BCUT2D eigenvalue weighted by atomic mass is 9.70. The molecule has 0 heterocycles. The molecule has 0 saturated heterocycles. The highest BCUT2D eigenvalue weighted by Gasteiger charge is 2.35. The summed E-state index contributed by atoms with van der Waals surface area (Å²) in [5.41, 5.74) is 2.28. The third-order valence-corrected chi connectivity index (χ3v) is 5.72. The molecule has 1 amide bonds. The van der Waals surface area contributed by atoms with Gasteiger partial charge in [0.25, 0.3) is 0 Å². The first-order chi connectivity index (χ1) is 10.9. The SMILES string of the molecule is CCC(C)c1ccc(NC(=O)C2CC(C)CCC2C(C)C)cc1. The maximum absolute atomic E-state index is 12.8. The molecule has 2 nitrogen and oxygen atoms in total. The van der Waals surface area contributed by atoms with Crippen molar-refractivity contribution < 1.29 is 4.79 Å². The van der Waals surface area contributed by atoms with Crippen molar-refractivity contribution in [1.29, 1.82) is 0 Å². The molecule has 0 spiro atoms. The number of rotatable bonds is 5. The van der Waals surface area contributed by atoms with E-state index in [4.69, 9.17) is 0 Å². The van der Waals surface area contributed by atoms with Crippen molar-refractivity contribution in [2.45, 2.75) is 66.2 Å². The first-order valence-corrected chi connectivity index (χ1v) is 9.33. The van der Waals surface area contributed by atoms with Gasteiger partial charge in [-0.2, -0.15) is 0 Å². The molecule has 1 aromatic rings. The van der Waals surface area contributed by atoms with Crippen molar-refractivity contribution in [2.24, 2.45) is 23.7 Å². The van der Waals surface area contributed by atoms with Crippen molar-refractivity contribution >= 4 is 11.6 Å². The minimum Gasteiger partial charge on any atom is -0.326 e. The van der Waals surface area contributed by atoms with Crippen LogP contribution < -0.4 is 5.32 Å². The van der Waals surface area contributed by atoms with E-state index in [-0.39, 0.29) is 11.8 Å². The standard InChI is InChI=1S/C21H33NO/c1-6-16(5)17-8-10-18(11-9-17)22-21(23)20-13-15(4)7-12-19(20)14(2)3/h8-11,14-16,19-20H,6-7,12-13H2,1-5H3,(H,22,23). The summed E-state index contributed by atoms with van der Waals surface area (Å²) in [7, 11) is 0. The number of hydrogen-bond acceptors (Lipinski definition) is 1. The number of amides is 1. The van der Waals surface area contributed by atoms with E-state index in [0.717, 1.165) is 18.5 Å². The first kappa shape index (κ1) is 18.0. The van der Waals surface area contributed by atoms with Gasteiger partial charge in [-0.05, 0) is 60.6 Å². The molecule has 2 rings (SSSR count). The maximum Gasteiger partial charge on any atom is 0.227 e. The van der Waals surface area contributed by atoms with Gasteiger partial charge in [-0.3, -0.25) is 4.79 Å². The monoisotopic (exact) mass is 315 g/mol. The fraction of sp³-hybridized carbons (Fsp3) is 0.667. The van der Waals surface area contributed by atoms with E-state index >= 15 is 0 Å². The quantitative estimate of drug-likeness (QED) is 0.726. The summed E-state index contributed by atoms with van der Waals surface area (Å²) >= 11 is 0. The second-order valence-electron chi connectivity index (χ2n) is 7.85. The normalized spacial score (nSPS) is 26.1. The molecule has 4 unspecified atom stereocenters. The summed E-state index contributed by atoms with van der Waals surface area (Å²) in [6.07, 6.45) is 4.61. The van der Waals surface area contributed by atoms with E-state index in [1.165, 1.54) is 18.4 Å². The molecular weight excluding hydrogens is 282 g/mol. The minimum absolute atomic E-state index is 0.160. The zero-order chi connectivity index (χ0) is 17.0. The fourth-order valence-electron chi connectivity index (χ4n) is 3.87. The van der Waals surface area contributed by atoms with Crippen LogP contribution in [0.5, 0.6) is 0 Å². The predicted molar refractivity (Wildman–Crippen MR) is 98.6 cm³/mol. The zero-order valence-corrected chi connectivity index (χ0v) is 15.4. The van der Waals surface area contributed by atoms with Gasteiger partial charge in [-0.15, -0.1) is 0 Å². The van der Waals surface area contributed by atoms with Gasteiger partial charge >= 0.3 is 0 Å². The topological polar surface area (TPSA) is 29.1 Å². The molecule has 1 saturated carbocycles. The minimum atomic E-state index is 0.160. The van der Waals surface area contributed by atoms with E-state index in [9.17, 15) is 4.79 Å². The molecule has 1 aliphatic carbocycles. The average molecular weight is 316 g/mol. The third kappa shape index (κ3) is 4.59. The van der Waals surface area contributed by atoms with Gasteiger partial charge in [0.1, 0.15) is 0 Å². The molecule has 2 heteroatoms. The number of benzene rings is 1. The molecule has 1 aromatic carbocycles. The second kappa shape index (κ2) is 7.99. The summed E-state index contributed by atoms with van der Waals surface area (Å²) in [6.45, 7) is 11.2. The van der Waals surface area contributed by atoms with Crippen LogP contribution in [0.2, 0.25) is 0 Å². The van der Waals surface area contributed by atoms with Crippen LogP contribution in [0.4, 0.5) is 5.69 Å². The number of anilines is 1. The van der Waals surface area contributed by atoms with Crippen LogP contribution in [-0.4, -0.2) is 5.91 Å². The lowest BCUT2D eigenvalue weighted by Crippen LogP contribution is -2.36.